The van der Waals surface area contributed by atoms with E-state index in [1.807, 2.05) is 6.92 Å². The van der Waals surface area contributed by atoms with Crippen LogP contribution in [0.15, 0.2) is 21.9 Å². The first-order chi connectivity index (χ1) is 7.63. The van der Waals surface area contributed by atoms with E-state index in [0.29, 0.717) is 12.3 Å². The van der Waals surface area contributed by atoms with Crippen LogP contribution in [0.5, 0.6) is 0 Å². The minimum atomic E-state index is -0.419. The predicted octanol–water partition coefficient (Wildman–Crippen LogP) is 0.870. The molecule has 2 heterocycles. The Labute approximate surface area is 93.1 Å². The highest BCUT2D eigenvalue weighted by atomic mass is 16.5. The van der Waals surface area contributed by atoms with Crippen LogP contribution in [0, 0.1) is 5.92 Å². The smallest absolute Gasteiger partial charge is 0.330 e. The fraction of sp³-hybridized carbons (Fsp3) is 0.636. The maximum absolute atomic E-state index is 11.6. The van der Waals surface area contributed by atoms with Crippen molar-refractivity contribution >= 4 is 0 Å². The molecule has 0 amide bonds. The van der Waals surface area contributed by atoms with Gasteiger partial charge in [0, 0.05) is 12.3 Å². The van der Waals surface area contributed by atoms with Gasteiger partial charge in [-0.05, 0) is 18.8 Å². The molecule has 1 N–H and O–H groups in total. The van der Waals surface area contributed by atoms with Gasteiger partial charge < -0.3 is 9.72 Å². The van der Waals surface area contributed by atoms with Crippen molar-refractivity contribution in [2.45, 2.75) is 39.0 Å². The van der Waals surface area contributed by atoms with Gasteiger partial charge in [0.1, 0.15) is 6.23 Å². The molecule has 2 rings (SSSR count). The Hall–Kier alpha value is -1.36. The zero-order chi connectivity index (χ0) is 11.7. The highest BCUT2D eigenvalue weighted by Crippen LogP contribution is 2.32. The Bertz CT molecular complexity index is 448. The predicted molar refractivity (Wildman–Crippen MR) is 59.3 cm³/mol. The van der Waals surface area contributed by atoms with Crippen LogP contribution in [0.3, 0.4) is 0 Å². The van der Waals surface area contributed by atoms with Gasteiger partial charge in [-0.25, -0.2) is 9.36 Å². The van der Waals surface area contributed by atoms with Gasteiger partial charge in [-0.3, -0.25) is 4.79 Å². The maximum Gasteiger partial charge on any atom is 0.330 e. The molecule has 1 aromatic heterocycles. The van der Waals surface area contributed by atoms with E-state index in [1.54, 1.807) is 0 Å². The second-order valence-corrected chi connectivity index (χ2v) is 4.24. The first-order valence-corrected chi connectivity index (χ1v) is 5.59. The molecule has 0 spiro atoms. The quantitative estimate of drug-likeness (QED) is 0.810. The van der Waals surface area contributed by atoms with Crippen LogP contribution in [0.4, 0.5) is 0 Å². The summed E-state index contributed by atoms with van der Waals surface area (Å²) in [6.45, 7) is 4.12. The molecule has 3 atom stereocenters. The molecule has 5 nitrogen and oxygen atoms in total. The third-order valence-electron chi connectivity index (χ3n) is 3.12. The third kappa shape index (κ3) is 1.82. The molecule has 1 saturated heterocycles. The van der Waals surface area contributed by atoms with E-state index in [-0.39, 0.29) is 11.7 Å². The lowest BCUT2D eigenvalue weighted by Crippen LogP contribution is -2.37. The summed E-state index contributed by atoms with van der Waals surface area (Å²) in [4.78, 5) is 25.6. The van der Waals surface area contributed by atoms with E-state index in [0.717, 1.165) is 11.0 Å². The topological polar surface area (TPSA) is 64.1 Å². The van der Waals surface area contributed by atoms with Gasteiger partial charge in [0.05, 0.1) is 6.10 Å². The number of ether oxygens (including phenoxy) is 1. The van der Waals surface area contributed by atoms with Crippen molar-refractivity contribution in [3.05, 3.63) is 33.1 Å². The summed E-state index contributed by atoms with van der Waals surface area (Å²) in [7, 11) is 0. The van der Waals surface area contributed by atoms with Crippen molar-refractivity contribution in [2.75, 3.05) is 0 Å². The molecule has 0 unspecified atom stereocenters. The molecule has 0 bridgehead atoms. The Morgan fingerprint density at radius 3 is 2.88 bits per heavy atom. The Kier molecular flexibility index (Phi) is 2.96. The van der Waals surface area contributed by atoms with E-state index in [2.05, 4.69) is 11.9 Å². The Morgan fingerprint density at radius 1 is 1.56 bits per heavy atom. The van der Waals surface area contributed by atoms with Crippen LogP contribution >= 0.6 is 0 Å². The largest absolute Gasteiger partial charge is 0.354 e. The van der Waals surface area contributed by atoms with Crippen LogP contribution in [-0.2, 0) is 4.74 Å². The average Bonchev–Trinajstić information content (AvgIpc) is 2.59. The monoisotopic (exact) mass is 224 g/mol. The SMILES string of the molecule is CC[C@H]1O[C@H](n2c(=O)cc[nH]c2=O)C[C@H]1C. The van der Waals surface area contributed by atoms with Gasteiger partial charge in [-0.2, -0.15) is 0 Å². The standard InChI is InChI=1S/C11H16N2O3/c1-3-8-7(2)6-10(16-8)13-9(14)4-5-12-11(13)15/h4-5,7-8,10H,3,6H2,1-2H3,(H,12,15)/t7-,8-,10+/m1/s1. The molecule has 1 aliphatic rings. The molecule has 1 aliphatic heterocycles. The normalized spacial score (nSPS) is 29.5. The number of H-pyrrole nitrogens is 1. The minimum absolute atomic E-state index is 0.136. The molecule has 16 heavy (non-hydrogen) atoms. The van der Waals surface area contributed by atoms with Gasteiger partial charge in [0.15, 0.2) is 0 Å². The van der Waals surface area contributed by atoms with Gasteiger partial charge in [-0.15, -0.1) is 0 Å². The second kappa shape index (κ2) is 4.25. The molecule has 0 radical (unpaired) electrons. The highest BCUT2D eigenvalue weighted by Gasteiger charge is 2.33. The van der Waals surface area contributed by atoms with Crippen LogP contribution in [0.2, 0.25) is 0 Å². The lowest BCUT2D eigenvalue weighted by molar-refractivity contribution is -0.00923. The van der Waals surface area contributed by atoms with Gasteiger partial charge >= 0.3 is 5.69 Å². The fourth-order valence-electron chi connectivity index (χ4n) is 2.23. The van der Waals surface area contributed by atoms with E-state index in [1.165, 1.54) is 12.3 Å². The van der Waals surface area contributed by atoms with Crippen LogP contribution in [0.1, 0.15) is 32.9 Å². The molecule has 1 fully saturated rings. The lowest BCUT2D eigenvalue weighted by Gasteiger charge is -2.13. The second-order valence-electron chi connectivity index (χ2n) is 4.24. The molecule has 0 saturated carbocycles. The zero-order valence-electron chi connectivity index (χ0n) is 9.47. The molecule has 1 aromatic rings. The van der Waals surface area contributed by atoms with Crippen molar-refractivity contribution in [3.63, 3.8) is 0 Å². The fourth-order valence-corrected chi connectivity index (χ4v) is 2.23. The van der Waals surface area contributed by atoms with Gasteiger partial charge in [-0.1, -0.05) is 13.8 Å². The van der Waals surface area contributed by atoms with E-state index in [4.69, 9.17) is 4.74 Å². The molecule has 5 heteroatoms. The van der Waals surface area contributed by atoms with Crippen LogP contribution < -0.4 is 11.2 Å². The minimum Gasteiger partial charge on any atom is -0.354 e. The summed E-state index contributed by atoms with van der Waals surface area (Å²) in [6.07, 6.45) is 2.69. The molecule has 0 aliphatic carbocycles. The number of hydrogen-bond donors (Lipinski definition) is 1. The third-order valence-corrected chi connectivity index (χ3v) is 3.12. The van der Waals surface area contributed by atoms with Crippen molar-refractivity contribution < 1.29 is 4.74 Å². The number of aromatic nitrogens is 2. The first-order valence-electron chi connectivity index (χ1n) is 5.59. The van der Waals surface area contributed by atoms with Crippen molar-refractivity contribution in [1.82, 2.24) is 9.55 Å². The summed E-state index contributed by atoms with van der Waals surface area (Å²) in [6, 6.07) is 1.34. The molecule has 0 aromatic carbocycles. The number of nitrogens with zero attached hydrogens (tertiary/aromatic N) is 1. The molecular formula is C11H16N2O3. The number of hydrogen-bond acceptors (Lipinski definition) is 3. The summed E-state index contributed by atoms with van der Waals surface area (Å²) in [5.41, 5.74) is -0.709. The number of rotatable bonds is 2. The lowest BCUT2D eigenvalue weighted by atomic mass is 10.0. The summed E-state index contributed by atoms with van der Waals surface area (Å²) < 4.78 is 6.87. The van der Waals surface area contributed by atoms with Crippen LogP contribution in [0.25, 0.3) is 0 Å². The van der Waals surface area contributed by atoms with Crippen molar-refractivity contribution in [3.8, 4) is 0 Å². The summed E-state index contributed by atoms with van der Waals surface area (Å²) in [5, 5.41) is 0. The van der Waals surface area contributed by atoms with E-state index in [9.17, 15) is 9.59 Å². The maximum atomic E-state index is 11.6. The molecular weight excluding hydrogens is 208 g/mol. The molecule has 88 valence electrons. The highest BCUT2D eigenvalue weighted by molar-refractivity contribution is 4.87. The van der Waals surface area contributed by atoms with Gasteiger partial charge in [0.25, 0.3) is 5.56 Å². The zero-order valence-corrected chi connectivity index (χ0v) is 9.47. The van der Waals surface area contributed by atoms with Crippen molar-refractivity contribution in [2.24, 2.45) is 5.92 Å². The number of nitrogens with one attached hydrogen (secondary N) is 1. The number of aromatic amines is 1. The summed E-state index contributed by atoms with van der Waals surface area (Å²) >= 11 is 0. The summed E-state index contributed by atoms with van der Waals surface area (Å²) in [5.74, 6) is 0.376. The average molecular weight is 224 g/mol. The van der Waals surface area contributed by atoms with Gasteiger partial charge in [0.2, 0.25) is 0 Å². The van der Waals surface area contributed by atoms with Crippen LogP contribution in [-0.4, -0.2) is 15.7 Å². The van der Waals surface area contributed by atoms with E-state index >= 15 is 0 Å². The first kappa shape index (κ1) is 11.1. The Morgan fingerprint density at radius 2 is 2.31 bits per heavy atom. The van der Waals surface area contributed by atoms with E-state index < -0.39 is 11.9 Å². The Balaban J connectivity index is 2.34. The van der Waals surface area contributed by atoms with Crippen molar-refractivity contribution in [1.29, 1.82) is 0 Å².